The number of ether oxygens (including phenoxy) is 4. The molecule has 2 rings (SSSR count). The maximum atomic E-state index is 12.3. The predicted octanol–water partition coefficient (Wildman–Crippen LogP) is 3.31. The van der Waals surface area contributed by atoms with Gasteiger partial charge in [0.15, 0.2) is 18.1 Å². The topological polar surface area (TPSA) is 100 Å². The first-order valence-corrected chi connectivity index (χ1v) is 9.30. The van der Waals surface area contributed by atoms with Crippen LogP contribution in [-0.2, 0) is 14.3 Å². The number of nitrogens with one attached hydrogen (secondary N) is 1. The van der Waals surface area contributed by atoms with Crippen LogP contribution < -0.4 is 14.8 Å². The lowest BCUT2D eigenvalue weighted by Crippen LogP contribution is -2.22. The molecule has 0 aliphatic heterocycles. The summed E-state index contributed by atoms with van der Waals surface area (Å²) in [6, 6.07) is 11.0. The number of hydrogen-bond donors (Lipinski definition) is 1. The van der Waals surface area contributed by atoms with Crippen molar-refractivity contribution >= 4 is 23.5 Å². The number of hydrogen-bond acceptors (Lipinski definition) is 7. The molecule has 8 nitrogen and oxygen atoms in total. The van der Waals surface area contributed by atoms with E-state index in [1.165, 1.54) is 32.4 Å². The number of carbonyl (C=O) groups excluding carboxylic acids is 3. The van der Waals surface area contributed by atoms with E-state index in [4.69, 9.17) is 14.2 Å². The van der Waals surface area contributed by atoms with Crippen LogP contribution in [0.4, 0.5) is 5.69 Å². The van der Waals surface area contributed by atoms with E-state index < -0.39 is 24.5 Å². The Labute approximate surface area is 175 Å². The molecule has 0 bridgehead atoms. The van der Waals surface area contributed by atoms with Gasteiger partial charge in [0.2, 0.25) is 0 Å². The van der Waals surface area contributed by atoms with Crippen molar-refractivity contribution < 1.29 is 33.3 Å². The van der Waals surface area contributed by atoms with Gasteiger partial charge in [-0.25, -0.2) is 9.59 Å². The van der Waals surface area contributed by atoms with E-state index in [9.17, 15) is 14.4 Å². The van der Waals surface area contributed by atoms with Gasteiger partial charge in [0.25, 0.3) is 5.91 Å². The summed E-state index contributed by atoms with van der Waals surface area (Å²) in [5, 5.41) is 2.53. The molecular weight excluding hydrogens is 390 g/mol. The van der Waals surface area contributed by atoms with E-state index in [1.54, 1.807) is 24.3 Å². The van der Waals surface area contributed by atoms with Crippen LogP contribution in [0.3, 0.4) is 0 Å². The summed E-state index contributed by atoms with van der Waals surface area (Å²) < 4.78 is 20.7. The van der Waals surface area contributed by atoms with E-state index in [0.717, 1.165) is 0 Å². The van der Waals surface area contributed by atoms with Crippen LogP contribution in [-0.4, -0.2) is 45.3 Å². The van der Waals surface area contributed by atoms with Gasteiger partial charge in [0, 0.05) is 0 Å². The number of methoxy groups -OCH3 is 2. The summed E-state index contributed by atoms with van der Waals surface area (Å²) in [7, 11) is 2.72. The Morgan fingerprint density at radius 3 is 2.37 bits per heavy atom. The van der Waals surface area contributed by atoms with Gasteiger partial charge in [-0.05, 0) is 36.2 Å². The summed E-state index contributed by atoms with van der Waals surface area (Å²) in [6.45, 7) is 4.02. The summed E-state index contributed by atoms with van der Waals surface area (Å²) in [5.41, 5.74) is 0.673. The van der Waals surface area contributed by atoms with Crippen LogP contribution in [0, 0.1) is 5.92 Å². The van der Waals surface area contributed by atoms with Crippen molar-refractivity contribution in [3.05, 3.63) is 53.6 Å². The van der Waals surface area contributed by atoms with Crippen molar-refractivity contribution in [2.45, 2.75) is 13.8 Å². The molecule has 160 valence electrons. The molecule has 0 saturated carbocycles. The third kappa shape index (κ3) is 6.23. The third-order valence-corrected chi connectivity index (χ3v) is 3.91. The first-order valence-electron chi connectivity index (χ1n) is 9.30. The van der Waals surface area contributed by atoms with Crippen molar-refractivity contribution in [3.63, 3.8) is 0 Å². The standard InChI is InChI=1S/C22H25NO7/c1-14(2)12-29-18-10-9-15(11-19(18)27-3)21(25)30-13-20(24)23-17-8-6-5-7-16(17)22(26)28-4/h5-11,14H,12-13H2,1-4H3,(H,23,24). The monoisotopic (exact) mass is 415 g/mol. The molecule has 8 heteroatoms. The second-order valence-electron chi connectivity index (χ2n) is 6.73. The smallest absolute Gasteiger partial charge is 0.339 e. The molecule has 0 spiro atoms. The molecule has 0 aromatic heterocycles. The summed E-state index contributed by atoms with van der Waals surface area (Å²) >= 11 is 0. The lowest BCUT2D eigenvalue weighted by molar-refractivity contribution is -0.119. The van der Waals surface area contributed by atoms with Crippen LogP contribution in [0.1, 0.15) is 34.6 Å². The highest BCUT2D eigenvalue weighted by Gasteiger charge is 2.16. The number of carbonyl (C=O) groups is 3. The summed E-state index contributed by atoms with van der Waals surface area (Å²) in [4.78, 5) is 36.2. The summed E-state index contributed by atoms with van der Waals surface area (Å²) in [6.07, 6.45) is 0. The maximum absolute atomic E-state index is 12.3. The fourth-order valence-corrected chi connectivity index (χ4v) is 2.45. The average molecular weight is 415 g/mol. The van der Waals surface area contributed by atoms with Crippen LogP contribution in [0.15, 0.2) is 42.5 Å². The molecule has 0 radical (unpaired) electrons. The molecule has 1 N–H and O–H groups in total. The van der Waals surface area contributed by atoms with Crippen molar-refractivity contribution in [3.8, 4) is 11.5 Å². The van der Waals surface area contributed by atoms with Gasteiger partial charge in [-0.3, -0.25) is 4.79 Å². The van der Waals surface area contributed by atoms with Crippen molar-refractivity contribution in [2.75, 3.05) is 32.8 Å². The second kappa shape index (κ2) is 10.8. The Bertz CT molecular complexity index is 908. The number of amides is 1. The van der Waals surface area contributed by atoms with E-state index in [2.05, 4.69) is 10.1 Å². The SMILES string of the molecule is COC(=O)c1ccccc1NC(=O)COC(=O)c1ccc(OCC(C)C)c(OC)c1. The largest absolute Gasteiger partial charge is 0.493 e. The van der Waals surface area contributed by atoms with Gasteiger partial charge in [0.1, 0.15) is 0 Å². The average Bonchev–Trinajstić information content (AvgIpc) is 2.75. The van der Waals surface area contributed by atoms with Crippen LogP contribution in [0.2, 0.25) is 0 Å². The zero-order valence-electron chi connectivity index (χ0n) is 17.4. The van der Waals surface area contributed by atoms with Gasteiger partial charge in [0.05, 0.1) is 37.6 Å². The van der Waals surface area contributed by atoms with Crippen molar-refractivity contribution in [2.24, 2.45) is 5.92 Å². The minimum absolute atomic E-state index is 0.196. The zero-order chi connectivity index (χ0) is 22.1. The Hall–Kier alpha value is -3.55. The van der Waals surface area contributed by atoms with Crippen molar-refractivity contribution in [1.29, 1.82) is 0 Å². The molecule has 30 heavy (non-hydrogen) atoms. The molecule has 2 aromatic carbocycles. The van der Waals surface area contributed by atoms with E-state index in [0.29, 0.717) is 24.0 Å². The first-order chi connectivity index (χ1) is 14.3. The fourth-order valence-electron chi connectivity index (χ4n) is 2.45. The molecule has 0 atom stereocenters. The van der Waals surface area contributed by atoms with Crippen LogP contribution in [0.25, 0.3) is 0 Å². The van der Waals surface area contributed by atoms with E-state index in [1.807, 2.05) is 13.8 Å². The highest BCUT2D eigenvalue weighted by molar-refractivity contribution is 6.02. The fraction of sp³-hybridized carbons (Fsp3) is 0.318. The highest BCUT2D eigenvalue weighted by atomic mass is 16.5. The molecule has 1 amide bonds. The first kappa shape index (κ1) is 22.7. The van der Waals surface area contributed by atoms with Crippen LogP contribution >= 0.6 is 0 Å². The second-order valence-corrected chi connectivity index (χ2v) is 6.73. The zero-order valence-corrected chi connectivity index (χ0v) is 17.4. The molecular formula is C22H25NO7. The molecule has 0 aliphatic rings. The quantitative estimate of drug-likeness (QED) is 0.627. The van der Waals surface area contributed by atoms with Crippen molar-refractivity contribution in [1.82, 2.24) is 0 Å². The summed E-state index contributed by atoms with van der Waals surface area (Å²) in [5.74, 6) is -0.637. The molecule has 0 fully saturated rings. The van der Waals surface area contributed by atoms with Gasteiger partial charge < -0.3 is 24.3 Å². The lowest BCUT2D eigenvalue weighted by atomic mass is 10.2. The Morgan fingerprint density at radius 2 is 1.70 bits per heavy atom. The number of para-hydroxylation sites is 1. The predicted molar refractivity (Wildman–Crippen MR) is 110 cm³/mol. The molecule has 0 unspecified atom stereocenters. The molecule has 0 saturated heterocycles. The molecule has 0 aliphatic carbocycles. The molecule has 0 heterocycles. The minimum Gasteiger partial charge on any atom is -0.493 e. The number of esters is 2. The number of anilines is 1. The van der Waals surface area contributed by atoms with Gasteiger partial charge in [-0.15, -0.1) is 0 Å². The highest BCUT2D eigenvalue weighted by Crippen LogP contribution is 2.28. The van der Waals surface area contributed by atoms with Gasteiger partial charge >= 0.3 is 11.9 Å². The normalized spacial score (nSPS) is 10.3. The number of rotatable bonds is 9. The lowest BCUT2D eigenvalue weighted by Gasteiger charge is -2.13. The third-order valence-electron chi connectivity index (χ3n) is 3.91. The maximum Gasteiger partial charge on any atom is 0.339 e. The molecule has 2 aromatic rings. The van der Waals surface area contributed by atoms with Gasteiger partial charge in [-0.2, -0.15) is 0 Å². The van der Waals surface area contributed by atoms with Crippen LogP contribution in [0.5, 0.6) is 11.5 Å². The Kier molecular flexibility index (Phi) is 8.22. The Balaban J connectivity index is 1.99. The van der Waals surface area contributed by atoms with Gasteiger partial charge in [-0.1, -0.05) is 26.0 Å². The minimum atomic E-state index is -0.694. The number of benzene rings is 2. The van der Waals surface area contributed by atoms with E-state index in [-0.39, 0.29) is 16.8 Å². The Morgan fingerprint density at radius 1 is 0.967 bits per heavy atom. The van der Waals surface area contributed by atoms with E-state index >= 15 is 0 Å².